The molecule has 4 nitrogen and oxygen atoms in total. The van der Waals surface area contributed by atoms with Crippen molar-refractivity contribution in [2.45, 2.75) is 20.4 Å². The van der Waals surface area contributed by atoms with Crippen molar-refractivity contribution in [1.82, 2.24) is 14.3 Å². The van der Waals surface area contributed by atoms with Crippen molar-refractivity contribution in [2.24, 2.45) is 7.05 Å². The van der Waals surface area contributed by atoms with E-state index in [1.807, 2.05) is 13.8 Å². The topological polar surface area (TPSA) is 39.8 Å². The van der Waals surface area contributed by atoms with E-state index in [-0.39, 0.29) is 5.56 Å². The van der Waals surface area contributed by atoms with Crippen LogP contribution in [0.5, 0.6) is 0 Å². The fraction of sp³-hybridized carbons (Fsp3) is 0.286. The molecule has 0 atom stereocenters. The van der Waals surface area contributed by atoms with Crippen LogP contribution in [0, 0.1) is 13.8 Å². The van der Waals surface area contributed by atoms with Gasteiger partial charge >= 0.3 is 0 Å². The minimum Gasteiger partial charge on any atom is -0.343 e. The van der Waals surface area contributed by atoms with Crippen LogP contribution in [0.15, 0.2) is 28.5 Å². The minimum atomic E-state index is -0.0250. The summed E-state index contributed by atoms with van der Waals surface area (Å²) in [6.45, 7) is 4.86. The standard InChI is InChI=1S/C14H15N3OS/c1-9-12-7-15-16(3)14(18)13(12)10(2)17(9)8-11-5-4-6-19-11/h4-7H,8H2,1-3H3. The predicted octanol–water partition coefficient (Wildman–Crippen LogP) is 2.46. The zero-order valence-electron chi connectivity index (χ0n) is 11.2. The van der Waals surface area contributed by atoms with E-state index in [2.05, 4.69) is 27.2 Å². The summed E-state index contributed by atoms with van der Waals surface area (Å²) in [6.07, 6.45) is 1.78. The molecule has 3 aromatic heterocycles. The number of aryl methyl sites for hydroxylation is 3. The highest BCUT2D eigenvalue weighted by atomic mass is 32.1. The summed E-state index contributed by atoms with van der Waals surface area (Å²) >= 11 is 1.73. The molecule has 3 heterocycles. The zero-order chi connectivity index (χ0) is 13.6. The van der Waals surface area contributed by atoms with E-state index < -0.39 is 0 Å². The van der Waals surface area contributed by atoms with E-state index in [4.69, 9.17) is 0 Å². The lowest BCUT2D eigenvalue weighted by atomic mass is 10.2. The van der Waals surface area contributed by atoms with Gasteiger partial charge in [0.05, 0.1) is 18.1 Å². The number of hydrogen-bond acceptors (Lipinski definition) is 3. The fourth-order valence-electron chi connectivity index (χ4n) is 2.49. The normalized spacial score (nSPS) is 11.3. The molecule has 19 heavy (non-hydrogen) atoms. The molecule has 0 aliphatic heterocycles. The summed E-state index contributed by atoms with van der Waals surface area (Å²) in [4.78, 5) is 13.5. The molecule has 98 valence electrons. The molecule has 0 amide bonds. The Bertz CT molecular complexity index is 796. The molecular formula is C14H15N3OS. The average molecular weight is 273 g/mol. The molecular weight excluding hydrogens is 258 g/mol. The Balaban J connectivity index is 2.26. The van der Waals surface area contributed by atoms with Crippen molar-refractivity contribution >= 4 is 22.1 Å². The molecule has 0 N–H and O–H groups in total. The Kier molecular flexibility index (Phi) is 2.78. The summed E-state index contributed by atoms with van der Waals surface area (Å²) in [5.74, 6) is 0. The summed E-state index contributed by atoms with van der Waals surface area (Å²) in [7, 11) is 1.69. The monoisotopic (exact) mass is 273 g/mol. The van der Waals surface area contributed by atoms with Gasteiger partial charge in [-0.15, -0.1) is 11.3 Å². The quantitative estimate of drug-likeness (QED) is 0.719. The van der Waals surface area contributed by atoms with Crippen molar-refractivity contribution in [3.05, 3.63) is 50.3 Å². The molecule has 0 aliphatic rings. The zero-order valence-corrected chi connectivity index (χ0v) is 12.0. The van der Waals surface area contributed by atoms with Gasteiger partial charge in [0.25, 0.3) is 5.56 Å². The molecule has 0 fully saturated rings. The van der Waals surface area contributed by atoms with Crippen molar-refractivity contribution in [3.8, 4) is 0 Å². The van der Waals surface area contributed by atoms with Crippen LogP contribution >= 0.6 is 11.3 Å². The van der Waals surface area contributed by atoms with Gasteiger partial charge in [-0.25, -0.2) is 4.68 Å². The van der Waals surface area contributed by atoms with Crippen LogP contribution in [0.2, 0.25) is 0 Å². The van der Waals surface area contributed by atoms with E-state index in [1.54, 1.807) is 24.6 Å². The number of hydrogen-bond donors (Lipinski definition) is 0. The van der Waals surface area contributed by atoms with Gasteiger partial charge in [0.1, 0.15) is 0 Å². The van der Waals surface area contributed by atoms with Crippen LogP contribution in [0.3, 0.4) is 0 Å². The van der Waals surface area contributed by atoms with Gasteiger partial charge < -0.3 is 4.57 Å². The lowest BCUT2D eigenvalue weighted by Crippen LogP contribution is -2.19. The van der Waals surface area contributed by atoms with Gasteiger partial charge in [-0.3, -0.25) is 4.79 Å². The molecule has 3 aromatic rings. The highest BCUT2D eigenvalue weighted by Gasteiger charge is 2.15. The van der Waals surface area contributed by atoms with Gasteiger partial charge in [-0.2, -0.15) is 5.10 Å². The maximum atomic E-state index is 12.2. The van der Waals surface area contributed by atoms with E-state index in [0.29, 0.717) is 0 Å². The van der Waals surface area contributed by atoms with Crippen LogP contribution in [-0.4, -0.2) is 14.3 Å². The van der Waals surface area contributed by atoms with Gasteiger partial charge in [0.15, 0.2) is 0 Å². The molecule has 0 unspecified atom stereocenters. The Morgan fingerprint density at radius 2 is 2.11 bits per heavy atom. The van der Waals surface area contributed by atoms with Crippen LogP contribution in [0.1, 0.15) is 16.3 Å². The lowest BCUT2D eigenvalue weighted by molar-refractivity contribution is 0.718. The van der Waals surface area contributed by atoms with E-state index in [0.717, 1.165) is 28.7 Å². The predicted molar refractivity (Wildman–Crippen MR) is 77.9 cm³/mol. The van der Waals surface area contributed by atoms with E-state index in [9.17, 15) is 4.79 Å². The maximum absolute atomic E-state index is 12.2. The first-order valence-electron chi connectivity index (χ1n) is 6.13. The third-order valence-electron chi connectivity index (χ3n) is 3.59. The minimum absolute atomic E-state index is 0.0250. The third-order valence-corrected chi connectivity index (χ3v) is 4.45. The van der Waals surface area contributed by atoms with E-state index in [1.165, 1.54) is 9.56 Å². The van der Waals surface area contributed by atoms with Crippen LogP contribution in [0.25, 0.3) is 10.8 Å². The molecule has 0 aliphatic carbocycles. The number of fused-ring (bicyclic) bond motifs is 1. The van der Waals surface area contributed by atoms with Crippen molar-refractivity contribution in [3.63, 3.8) is 0 Å². The number of nitrogens with zero attached hydrogens (tertiary/aromatic N) is 3. The Hall–Kier alpha value is -1.88. The first-order chi connectivity index (χ1) is 9.09. The van der Waals surface area contributed by atoms with Crippen LogP contribution < -0.4 is 5.56 Å². The molecule has 3 rings (SSSR count). The fourth-order valence-corrected chi connectivity index (χ4v) is 3.18. The van der Waals surface area contributed by atoms with Gasteiger partial charge in [-0.1, -0.05) is 6.07 Å². The summed E-state index contributed by atoms with van der Waals surface area (Å²) < 4.78 is 3.59. The Morgan fingerprint density at radius 3 is 2.79 bits per heavy atom. The molecule has 0 bridgehead atoms. The molecule has 0 radical (unpaired) electrons. The first-order valence-corrected chi connectivity index (χ1v) is 7.01. The average Bonchev–Trinajstić information content (AvgIpc) is 2.97. The smallest absolute Gasteiger partial charge is 0.276 e. The lowest BCUT2D eigenvalue weighted by Gasteiger charge is -2.07. The van der Waals surface area contributed by atoms with Crippen molar-refractivity contribution in [2.75, 3.05) is 0 Å². The maximum Gasteiger partial charge on any atom is 0.276 e. The van der Waals surface area contributed by atoms with Crippen LogP contribution in [0.4, 0.5) is 0 Å². The van der Waals surface area contributed by atoms with Crippen molar-refractivity contribution < 1.29 is 0 Å². The number of aromatic nitrogens is 3. The summed E-state index contributed by atoms with van der Waals surface area (Å²) in [5.41, 5.74) is 2.10. The molecule has 0 saturated heterocycles. The first kappa shape index (κ1) is 12.2. The van der Waals surface area contributed by atoms with E-state index >= 15 is 0 Å². The number of rotatable bonds is 2. The molecule has 0 saturated carbocycles. The summed E-state index contributed by atoms with van der Waals surface area (Å²) in [5, 5.41) is 7.93. The van der Waals surface area contributed by atoms with Crippen molar-refractivity contribution in [1.29, 1.82) is 0 Å². The van der Waals surface area contributed by atoms with Gasteiger partial charge in [0.2, 0.25) is 0 Å². The Labute approximate surface area is 114 Å². The van der Waals surface area contributed by atoms with Crippen LogP contribution in [-0.2, 0) is 13.6 Å². The van der Waals surface area contributed by atoms with Gasteiger partial charge in [-0.05, 0) is 25.3 Å². The molecule has 0 aromatic carbocycles. The second-order valence-corrected chi connectivity index (χ2v) is 5.73. The second kappa shape index (κ2) is 4.35. The largest absolute Gasteiger partial charge is 0.343 e. The Morgan fingerprint density at radius 1 is 1.32 bits per heavy atom. The highest BCUT2D eigenvalue weighted by molar-refractivity contribution is 7.09. The molecule has 0 spiro atoms. The highest BCUT2D eigenvalue weighted by Crippen LogP contribution is 2.23. The third kappa shape index (κ3) is 1.81. The second-order valence-electron chi connectivity index (χ2n) is 4.70. The summed E-state index contributed by atoms with van der Waals surface area (Å²) in [6, 6.07) is 4.17. The number of thiophene rings is 1. The molecule has 5 heteroatoms. The SMILES string of the molecule is Cc1c2cnn(C)c(=O)c2c(C)n1Cc1cccs1. The van der Waals surface area contributed by atoms with Gasteiger partial charge in [0, 0.05) is 28.7 Å².